The Morgan fingerprint density at radius 2 is 2.16 bits per heavy atom. The molecule has 3 heteroatoms. The second-order valence-corrected chi connectivity index (χ2v) is 7.00. The van der Waals surface area contributed by atoms with Gasteiger partial charge < -0.3 is 9.84 Å². The molecule has 112 valence electrons. The normalized spacial score (nSPS) is 41.4. The minimum atomic E-state index is 0.141. The Labute approximate surface area is 118 Å². The lowest BCUT2D eigenvalue weighted by molar-refractivity contribution is -0.0825. The summed E-state index contributed by atoms with van der Waals surface area (Å²) in [4.78, 5) is 2.59. The molecule has 4 unspecified atom stereocenters. The third-order valence-corrected chi connectivity index (χ3v) is 5.11. The summed E-state index contributed by atoms with van der Waals surface area (Å²) in [5.74, 6) is 0.763. The van der Waals surface area contributed by atoms with Gasteiger partial charge in [-0.05, 0) is 32.1 Å². The van der Waals surface area contributed by atoms with Gasteiger partial charge in [0.15, 0.2) is 0 Å². The van der Waals surface area contributed by atoms with Crippen molar-refractivity contribution in [2.45, 2.75) is 65.0 Å². The first-order valence-corrected chi connectivity index (χ1v) is 8.05. The number of aliphatic hydroxyl groups is 1. The van der Waals surface area contributed by atoms with Crippen LogP contribution in [0.25, 0.3) is 0 Å². The first kappa shape index (κ1) is 15.3. The molecular weight excluding hydrogens is 238 g/mol. The molecule has 1 heterocycles. The van der Waals surface area contributed by atoms with E-state index in [9.17, 15) is 5.11 Å². The molecule has 0 aromatic heterocycles. The largest absolute Gasteiger partial charge is 0.396 e. The number of hydrogen-bond acceptors (Lipinski definition) is 3. The Balaban J connectivity index is 2.02. The van der Waals surface area contributed by atoms with Crippen molar-refractivity contribution in [3.63, 3.8) is 0 Å². The van der Waals surface area contributed by atoms with Crippen LogP contribution in [-0.2, 0) is 4.74 Å². The zero-order chi connectivity index (χ0) is 13.9. The van der Waals surface area contributed by atoms with E-state index in [1.165, 1.54) is 25.7 Å². The summed E-state index contributed by atoms with van der Waals surface area (Å²) in [5.41, 5.74) is 0.141. The van der Waals surface area contributed by atoms with Crippen LogP contribution < -0.4 is 0 Å². The molecule has 19 heavy (non-hydrogen) atoms. The van der Waals surface area contributed by atoms with E-state index >= 15 is 0 Å². The molecule has 1 aliphatic carbocycles. The van der Waals surface area contributed by atoms with Gasteiger partial charge in [0.1, 0.15) is 0 Å². The van der Waals surface area contributed by atoms with Crippen LogP contribution in [0.2, 0.25) is 0 Å². The van der Waals surface area contributed by atoms with E-state index in [2.05, 4.69) is 25.7 Å². The molecular formula is C16H31NO2. The Bertz CT molecular complexity index is 284. The van der Waals surface area contributed by atoms with Gasteiger partial charge in [0.05, 0.1) is 12.7 Å². The van der Waals surface area contributed by atoms with E-state index in [-0.39, 0.29) is 5.41 Å². The molecule has 2 rings (SSSR count). The molecule has 0 radical (unpaired) electrons. The fraction of sp³-hybridized carbons (Fsp3) is 1.00. The summed E-state index contributed by atoms with van der Waals surface area (Å²) in [6.07, 6.45) is 6.46. The van der Waals surface area contributed by atoms with Gasteiger partial charge in [0.25, 0.3) is 0 Å². The third kappa shape index (κ3) is 3.71. The molecule has 2 fully saturated rings. The highest BCUT2D eigenvalue weighted by Crippen LogP contribution is 2.40. The molecule has 0 aromatic rings. The van der Waals surface area contributed by atoms with Crippen molar-refractivity contribution in [1.29, 1.82) is 0 Å². The van der Waals surface area contributed by atoms with Crippen LogP contribution in [0.5, 0.6) is 0 Å². The minimum Gasteiger partial charge on any atom is -0.396 e. The molecule has 0 bridgehead atoms. The number of ether oxygens (including phenoxy) is 1. The van der Waals surface area contributed by atoms with E-state index in [1.54, 1.807) is 0 Å². The van der Waals surface area contributed by atoms with Crippen LogP contribution in [0.4, 0.5) is 0 Å². The predicted molar refractivity (Wildman–Crippen MR) is 78.2 cm³/mol. The average Bonchev–Trinajstić information content (AvgIpc) is 2.39. The van der Waals surface area contributed by atoms with Crippen LogP contribution in [0, 0.1) is 11.3 Å². The van der Waals surface area contributed by atoms with Gasteiger partial charge in [0, 0.05) is 31.2 Å². The van der Waals surface area contributed by atoms with Gasteiger partial charge in [-0.2, -0.15) is 0 Å². The molecule has 0 aromatic carbocycles. The SMILES string of the molecule is CCC1COC(C)CN1CC1(CO)CCCC(C)C1. The number of aliphatic hydroxyl groups excluding tert-OH is 1. The minimum absolute atomic E-state index is 0.141. The number of morpholine rings is 1. The molecule has 1 saturated heterocycles. The molecule has 0 amide bonds. The van der Waals surface area contributed by atoms with Crippen LogP contribution in [-0.4, -0.2) is 48.5 Å². The van der Waals surface area contributed by atoms with Crippen molar-refractivity contribution in [1.82, 2.24) is 4.90 Å². The van der Waals surface area contributed by atoms with E-state index in [1.807, 2.05) is 0 Å². The first-order valence-electron chi connectivity index (χ1n) is 8.05. The van der Waals surface area contributed by atoms with E-state index < -0.39 is 0 Å². The van der Waals surface area contributed by atoms with Gasteiger partial charge in [-0.25, -0.2) is 0 Å². The van der Waals surface area contributed by atoms with Gasteiger partial charge in [-0.15, -0.1) is 0 Å². The zero-order valence-corrected chi connectivity index (χ0v) is 12.9. The van der Waals surface area contributed by atoms with Crippen LogP contribution in [0.15, 0.2) is 0 Å². The monoisotopic (exact) mass is 269 g/mol. The Morgan fingerprint density at radius 3 is 2.79 bits per heavy atom. The smallest absolute Gasteiger partial charge is 0.0674 e. The number of rotatable bonds is 4. The lowest BCUT2D eigenvalue weighted by Gasteiger charge is -2.46. The van der Waals surface area contributed by atoms with Crippen LogP contribution >= 0.6 is 0 Å². The Kier molecular flexibility index (Phi) is 5.27. The maximum absolute atomic E-state index is 9.96. The summed E-state index contributed by atoms with van der Waals surface area (Å²) in [6.45, 7) is 10.0. The van der Waals surface area contributed by atoms with Gasteiger partial charge >= 0.3 is 0 Å². The van der Waals surface area contributed by atoms with E-state index in [4.69, 9.17) is 4.74 Å². The van der Waals surface area contributed by atoms with Crippen molar-refractivity contribution in [3.8, 4) is 0 Å². The highest BCUT2D eigenvalue weighted by Gasteiger charge is 2.38. The molecule has 1 saturated carbocycles. The van der Waals surface area contributed by atoms with Crippen LogP contribution in [0.3, 0.4) is 0 Å². The summed E-state index contributed by atoms with van der Waals surface area (Å²) in [5, 5.41) is 9.96. The zero-order valence-electron chi connectivity index (χ0n) is 12.9. The number of nitrogens with zero attached hydrogens (tertiary/aromatic N) is 1. The van der Waals surface area contributed by atoms with Crippen molar-refractivity contribution >= 4 is 0 Å². The van der Waals surface area contributed by atoms with Crippen LogP contribution in [0.1, 0.15) is 52.9 Å². The molecule has 1 aliphatic heterocycles. The topological polar surface area (TPSA) is 32.7 Å². The highest BCUT2D eigenvalue weighted by molar-refractivity contribution is 4.90. The standard InChI is InChI=1S/C16H31NO2/c1-4-15-10-19-14(3)9-17(15)11-16(12-18)7-5-6-13(2)8-16/h13-15,18H,4-12H2,1-3H3. The van der Waals surface area contributed by atoms with Crippen molar-refractivity contribution in [2.24, 2.45) is 11.3 Å². The number of hydrogen-bond donors (Lipinski definition) is 1. The summed E-state index contributed by atoms with van der Waals surface area (Å²) in [7, 11) is 0. The van der Waals surface area contributed by atoms with Crippen molar-refractivity contribution < 1.29 is 9.84 Å². The van der Waals surface area contributed by atoms with Crippen molar-refractivity contribution in [2.75, 3.05) is 26.3 Å². The lowest BCUT2D eigenvalue weighted by atomic mass is 9.70. The van der Waals surface area contributed by atoms with Gasteiger partial charge in [0.2, 0.25) is 0 Å². The Morgan fingerprint density at radius 1 is 1.37 bits per heavy atom. The third-order valence-electron chi connectivity index (χ3n) is 5.11. The fourth-order valence-corrected chi connectivity index (χ4v) is 4.02. The maximum Gasteiger partial charge on any atom is 0.0674 e. The fourth-order valence-electron chi connectivity index (χ4n) is 4.02. The first-order chi connectivity index (χ1) is 9.08. The highest BCUT2D eigenvalue weighted by atomic mass is 16.5. The predicted octanol–water partition coefficient (Wildman–Crippen LogP) is 2.67. The molecule has 3 nitrogen and oxygen atoms in total. The molecule has 1 N–H and O–H groups in total. The molecule has 0 spiro atoms. The summed E-state index contributed by atoms with van der Waals surface area (Å²) < 4.78 is 5.78. The van der Waals surface area contributed by atoms with E-state index in [0.29, 0.717) is 18.8 Å². The summed E-state index contributed by atoms with van der Waals surface area (Å²) in [6, 6.07) is 0.539. The van der Waals surface area contributed by atoms with Gasteiger partial charge in [-0.1, -0.05) is 26.7 Å². The second kappa shape index (κ2) is 6.55. The molecule has 4 atom stereocenters. The Hall–Kier alpha value is -0.120. The summed E-state index contributed by atoms with van der Waals surface area (Å²) >= 11 is 0. The van der Waals surface area contributed by atoms with Crippen molar-refractivity contribution in [3.05, 3.63) is 0 Å². The molecule has 2 aliphatic rings. The lowest BCUT2D eigenvalue weighted by Crippen LogP contribution is -2.53. The van der Waals surface area contributed by atoms with Gasteiger partial charge in [-0.3, -0.25) is 4.90 Å². The maximum atomic E-state index is 9.96. The van der Waals surface area contributed by atoms with E-state index in [0.717, 1.165) is 32.0 Å². The second-order valence-electron chi connectivity index (χ2n) is 7.00. The average molecular weight is 269 g/mol. The quantitative estimate of drug-likeness (QED) is 0.851.